The molecule has 0 spiro atoms. The Balaban J connectivity index is 1.88. The van der Waals surface area contributed by atoms with Crippen molar-refractivity contribution < 1.29 is 19.2 Å². The molecule has 0 bridgehead atoms. The number of benzene rings is 2. The molecule has 7 nitrogen and oxygen atoms in total. The van der Waals surface area contributed by atoms with Crippen LogP contribution in [0.1, 0.15) is 57.4 Å². The number of carbonyl (C=O) groups is 4. The van der Waals surface area contributed by atoms with Gasteiger partial charge in [0.1, 0.15) is 0 Å². The van der Waals surface area contributed by atoms with Crippen LogP contribution in [0.3, 0.4) is 0 Å². The fourth-order valence-corrected chi connectivity index (χ4v) is 3.46. The van der Waals surface area contributed by atoms with Crippen LogP contribution in [0.2, 0.25) is 0 Å². The van der Waals surface area contributed by atoms with Crippen LogP contribution in [0.15, 0.2) is 42.5 Å². The maximum Gasteiger partial charge on any atom is 0.266 e. The fraction of sp³-hybridized carbons (Fsp3) is 0.304. The predicted octanol–water partition coefficient (Wildman–Crippen LogP) is 2.78. The van der Waals surface area contributed by atoms with Gasteiger partial charge in [0.2, 0.25) is 5.91 Å². The SMILES string of the molecule is CCN(CC(=O)NC(C)C)C(=O)c1ccc2c(c1)C(=O)N(c1ccccc1C)C2=O. The van der Waals surface area contributed by atoms with Gasteiger partial charge in [-0.15, -0.1) is 0 Å². The number of aryl methyl sites for hydroxylation is 1. The van der Waals surface area contributed by atoms with E-state index in [1.54, 1.807) is 19.1 Å². The Bertz CT molecular complexity index is 1030. The second-order valence-corrected chi connectivity index (χ2v) is 7.53. The average molecular weight is 407 g/mol. The highest BCUT2D eigenvalue weighted by molar-refractivity contribution is 6.35. The number of anilines is 1. The molecule has 2 aromatic rings. The summed E-state index contributed by atoms with van der Waals surface area (Å²) < 4.78 is 0. The minimum Gasteiger partial charge on any atom is -0.352 e. The quantitative estimate of drug-likeness (QED) is 0.746. The third kappa shape index (κ3) is 3.96. The fourth-order valence-electron chi connectivity index (χ4n) is 3.46. The summed E-state index contributed by atoms with van der Waals surface area (Å²) in [7, 11) is 0. The Hall–Kier alpha value is -3.48. The van der Waals surface area contributed by atoms with E-state index in [9.17, 15) is 19.2 Å². The van der Waals surface area contributed by atoms with Crippen LogP contribution in [0.4, 0.5) is 5.69 Å². The van der Waals surface area contributed by atoms with Crippen molar-refractivity contribution in [2.24, 2.45) is 0 Å². The first-order valence-corrected chi connectivity index (χ1v) is 9.91. The van der Waals surface area contributed by atoms with Gasteiger partial charge in [-0.25, -0.2) is 4.90 Å². The maximum atomic E-state index is 13.0. The van der Waals surface area contributed by atoms with E-state index in [-0.39, 0.29) is 41.1 Å². The number of rotatable bonds is 6. The van der Waals surface area contributed by atoms with E-state index in [1.165, 1.54) is 23.1 Å². The number of likely N-dealkylation sites (N-methyl/N-ethyl adjacent to an activating group) is 1. The largest absolute Gasteiger partial charge is 0.352 e. The Morgan fingerprint density at radius 1 is 1.03 bits per heavy atom. The Kier molecular flexibility index (Phi) is 6.01. The molecule has 0 radical (unpaired) electrons. The summed E-state index contributed by atoms with van der Waals surface area (Å²) in [6.07, 6.45) is 0. The van der Waals surface area contributed by atoms with E-state index in [4.69, 9.17) is 0 Å². The van der Waals surface area contributed by atoms with Gasteiger partial charge < -0.3 is 10.2 Å². The third-order valence-electron chi connectivity index (χ3n) is 4.94. The highest BCUT2D eigenvalue weighted by Gasteiger charge is 2.38. The third-order valence-corrected chi connectivity index (χ3v) is 4.94. The van der Waals surface area contributed by atoms with Crippen LogP contribution in [0, 0.1) is 6.92 Å². The molecule has 4 amide bonds. The molecule has 0 aliphatic carbocycles. The summed E-state index contributed by atoms with van der Waals surface area (Å²) >= 11 is 0. The lowest BCUT2D eigenvalue weighted by Crippen LogP contribution is -2.42. The first kappa shape index (κ1) is 21.2. The number of hydrogen-bond donors (Lipinski definition) is 1. The average Bonchev–Trinajstić information content (AvgIpc) is 2.95. The highest BCUT2D eigenvalue weighted by atomic mass is 16.2. The standard InChI is InChI=1S/C23H25N3O4/c1-5-25(13-20(27)24-14(2)3)21(28)16-10-11-17-18(12-16)23(30)26(22(17)29)19-9-7-6-8-15(19)4/h6-12,14H,5,13H2,1-4H3,(H,24,27). The molecule has 0 saturated heterocycles. The minimum atomic E-state index is -0.459. The normalized spacial score (nSPS) is 12.9. The number of nitrogens with zero attached hydrogens (tertiary/aromatic N) is 2. The van der Waals surface area contributed by atoms with Crippen molar-refractivity contribution in [3.8, 4) is 0 Å². The number of para-hydroxylation sites is 1. The van der Waals surface area contributed by atoms with E-state index in [2.05, 4.69) is 5.32 Å². The Morgan fingerprint density at radius 3 is 2.33 bits per heavy atom. The maximum absolute atomic E-state index is 13.0. The van der Waals surface area contributed by atoms with Gasteiger partial charge in [0.05, 0.1) is 23.4 Å². The monoisotopic (exact) mass is 407 g/mol. The lowest BCUT2D eigenvalue weighted by molar-refractivity contribution is -0.122. The number of nitrogens with one attached hydrogen (secondary N) is 1. The zero-order valence-electron chi connectivity index (χ0n) is 17.6. The van der Waals surface area contributed by atoms with E-state index in [0.29, 0.717) is 12.2 Å². The van der Waals surface area contributed by atoms with Crippen molar-refractivity contribution in [1.29, 1.82) is 0 Å². The summed E-state index contributed by atoms with van der Waals surface area (Å²) in [5, 5.41) is 2.76. The van der Waals surface area contributed by atoms with Gasteiger partial charge in [-0.1, -0.05) is 18.2 Å². The number of imide groups is 1. The van der Waals surface area contributed by atoms with E-state index >= 15 is 0 Å². The van der Waals surface area contributed by atoms with Crippen molar-refractivity contribution >= 4 is 29.3 Å². The van der Waals surface area contributed by atoms with Gasteiger partial charge in [-0.2, -0.15) is 0 Å². The van der Waals surface area contributed by atoms with Crippen LogP contribution in [0.5, 0.6) is 0 Å². The van der Waals surface area contributed by atoms with Crippen molar-refractivity contribution in [3.63, 3.8) is 0 Å². The number of amides is 4. The Morgan fingerprint density at radius 2 is 1.70 bits per heavy atom. The number of fused-ring (bicyclic) bond motifs is 1. The summed E-state index contributed by atoms with van der Waals surface area (Å²) in [6, 6.07) is 11.6. The van der Waals surface area contributed by atoms with E-state index in [0.717, 1.165) is 10.5 Å². The molecule has 0 fully saturated rings. The number of hydrogen-bond acceptors (Lipinski definition) is 4. The predicted molar refractivity (Wildman–Crippen MR) is 114 cm³/mol. The highest BCUT2D eigenvalue weighted by Crippen LogP contribution is 2.31. The summed E-state index contributed by atoms with van der Waals surface area (Å²) in [5.74, 6) is -1.49. The lowest BCUT2D eigenvalue weighted by atomic mass is 10.0. The van der Waals surface area contributed by atoms with Crippen LogP contribution in [0.25, 0.3) is 0 Å². The molecule has 0 aromatic heterocycles. The van der Waals surface area contributed by atoms with Crippen LogP contribution < -0.4 is 10.2 Å². The molecular formula is C23H25N3O4. The topological polar surface area (TPSA) is 86.8 Å². The molecule has 1 aliphatic rings. The van der Waals surface area contributed by atoms with Crippen molar-refractivity contribution in [1.82, 2.24) is 10.2 Å². The second-order valence-electron chi connectivity index (χ2n) is 7.53. The molecule has 1 N–H and O–H groups in total. The van der Waals surface area contributed by atoms with Gasteiger partial charge in [0, 0.05) is 18.2 Å². The molecule has 1 heterocycles. The molecule has 156 valence electrons. The molecule has 0 atom stereocenters. The minimum absolute atomic E-state index is 0.0256. The molecule has 30 heavy (non-hydrogen) atoms. The smallest absolute Gasteiger partial charge is 0.266 e. The second kappa shape index (κ2) is 8.49. The summed E-state index contributed by atoms with van der Waals surface area (Å²) in [6.45, 7) is 7.56. The molecular weight excluding hydrogens is 382 g/mol. The first-order valence-electron chi connectivity index (χ1n) is 9.91. The summed E-state index contributed by atoms with van der Waals surface area (Å²) in [4.78, 5) is 53.4. The van der Waals surface area contributed by atoms with Gasteiger partial charge >= 0.3 is 0 Å². The molecule has 1 aliphatic heterocycles. The molecule has 3 rings (SSSR count). The van der Waals surface area contributed by atoms with Crippen LogP contribution in [-0.2, 0) is 4.79 Å². The molecule has 0 unspecified atom stereocenters. The van der Waals surface area contributed by atoms with Gasteiger partial charge in [0.15, 0.2) is 0 Å². The van der Waals surface area contributed by atoms with Crippen molar-refractivity contribution in [2.75, 3.05) is 18.0 Å². The Labute approximate surface area is 175 Å². The van der Waals surface area contributed by atoms with Gasteiger partial charge in [-0.05, 0) is 57.5 Å². The zero-order valence-corrected chi connectivity index (χ0v) is 17.6. The molecule has 7 heteroatoms. The molecule has 0 saturated carbocycles. The van der Waals surface area contributed by atoms with Crippen LogP contribution in [-0.4, -0.2) is 47.7 Å². The first-order chi connectivity index (χ1) is 14.2. The summed E-state index contributed by atoms with van der Waals surface area (Å²) in [5.41, 5.74) is 2.05. The van der Waals surface area contributed by atoms with Gasteiger partial charge in [-0.3, -0.25) is 19.2 Å². The van der Waals surface area contributed by atoms with Crippen molar-refractivity contribution in [3.05, 3.63) is 64.7 Å². The molecule has 2 aromatic carbocycles. The van der Waals surface area contributed by atoms with E-state index in [1.807, 2.05) is 32.9 Å². The van der Waals surface area contributed by atoms with Gasteiger partial charge in [0.25, 0.3) is 17.7 Å². The lowest BCUT2D eigenvalue weighted by Gasteiger charge is -2.21. The van der Waals surface area contributed by atoms with Crippen molar-refractivity contribution in [2.45, 2.75) is 33.7 Å². The number of carbonyl (C=O) groups excluding carboxylic acids is 4. The van der Waals surface area contributed by atoms with E-state index < -0.39 is 11.8 Å². The van der Waals surface area contributed by atoms with Crippen LogP contribution >= 0.6 is 0 Å². The zero-order chi connectivity index (χ0) is 22.0.